The van der Waals surface area contributed by atoms with Crippen LogP contribution in [0.3, 0.4) is 0 Å². The summed E-state index contributed by atoms with van der Waals surface area (Å²) < 4.78 is 28.6. The van der Waals surface area contributed by atoms with E-state index in [0.717, 1.165) is 18.6 Å². The molecule has 0 bridgehead atoms. The molecule has 18 heavy (non-hydrogen) atoms. The van der Waals surface area contributed by atoms with Crippen molar-refractivity contribution < 1.29 is 17.5 Å². The molecule has 0 N–H and O–H groups in total. The van der Waals surface area contributed by atoms with Crippen molar-refractivity contribution in [2.75, 3.05) is 0 Å². The number of nitrogens with zero attached hydrogens (tertiary/aromatic N) is 1. The zero-order valence-corrected chi connectivity index (χ0v) is 11.0. The van der Waals surface area contributed by atoms with Crippen molar-refractivity contribution in [3.8, 4) is 0 Å². The summed E-state index contributed by atoms with van der Waals surface area (Å²) in [6, 6.07) is 4.62. The van der Waals surface area contributed by atoms with E-state index in [9.17, 15) is 18.5 Å². The average Bonchev–Trinajstić information content (AvgIpc) is 2.28. The van der Waals surface area contributed by atoms with E-state index in [1.54, 1.807) is 6.92 Å². The van der Waals surface area contributed by atoms with Crippen molar-refractivity contribution in [3.05, 3.63) is 34.4 Å². The molecular weight excluding hydrogens is 258 g/mol. The Morgan fingerprint density at radius 1 is 1.33 bits per heavy atom. The fourth-order valence-corrected chi connectivity index (χ4v) is 2.57. The van der Waals surface area contributed by atoms with E-state index < -0.39 is 21.1 Å². The van der Waals surface area contributed by atoms with Crippen LogP contribution in [0.15, 0.2) is 29.2 Å². The molecule has 6 nitrogen and oxygen atoms in total. The van der Waals surface area contributed by atoms with Crippen LogP contribution in [0.4, 0.5) is 5.69 Å². The lowest BCUT2D eigenvalue weighted by Gasteiger charge is -2.11. The SMILES string of the molecule is CCCC(C)OS(=O)(=O)c1ccc([N+](=O)[O-])cc1. The first-order chi connectivity index (χ1) is 8.36. The third kappa shape index (κ3) is 3.78. The normalized spacial score (nSPS) is 13.2. The molecular formula is C11H15NO5S. The predicted molar refractivity (Wildman–Crippen MR) is 65.7 cm³/mol. The monoisotopic (exact) mass is 273 g/mol. The van der Waals surface area contributed by atoms with Crippen LogP contribution < -0.4 is 0 Å². The van der Waals surface area contributed by atoms with Crippen LogP contribution in [-0.2, 0) is 14.3 Å². The first-order valence-corrected chi connectivity index (χ1v) is 6.95. The molecule has 0 amide bonds. The van der Waals surface area contributed by atoms with Crippen LogP contribution in [0, 0.1) is 10.1 Å². The highest BCUT2D eigenvalue weighted by Crippen LogP contribution is 2.19. The summed E-state index contributed by atoms with van der Waals surface area (Å²) in [4.78, 5) is 9.79. The minimum absolute atomic E-state index is 0.0731. The van der Waals surface area contributed by atoms with Crippen LogP contribution in [-0.4, -0.2) is 19.4 Å². The lowest BCUT2D eigenvalue weighted by molar-refractivity contribution is -0.384. The van der Waals surface area contributed by atoms with E-state index >= 15 is 0 Å². The molecule has 1 aromatic carbocycles. The Morgan fingerprint density at radius 3 is 2.33 bits per heavy atom. The Hall–Kier alpha value is -1.47. The molecule has 0 aliphatic heterocycles. The number of non-ortho nitro benzene ring substituents is 1. The smallest absolute Gasteiger partial charge is 0.263 e. The molecule has 1 aromatic rings. The topological polar surface area (TPSA) is 86.5 Å². The van der Waals surface area contributed by atoms with Gasteiger partial charge in [0.1, 0.15) is 0 Å². The highest BCUT2D eigenvalue weighted by molar-refractivity contribution is 7.86. The molecule has 0 heterocycles. The van der Waals surface area contributed by atoms with Gasteiger partial charge in [-0.15, -0.1) is 0 Å². The number of nitro benzene ring substituents is 1. The van der Waals surface area contributed by atoms with Gasteiger partial charge in [-0.05, 0) is 25.5 Å². The van der Waals surface area contributed by atoms with Crippen LogP contribution in [0.1, 0.15) is 26.7 Å². The molecule has 0 spiro atoms. The van der Waals surface area contributed by atoms with Gasteiger partial charge in [-0.3, -0.25) is 14.3 Å². The number of nitro groups is 1. The zero-order chi connectivity index (χ0) is 13.8. The predicted octanol–water partition coefficient (Wildman–Crippen LogP) is 2.49. The lowest BCUT2D eigenvalue weighted by Crippen LogP contribution is -2.15. The second-order valence-electron chi connectivity index (χ2n) is 3.90. The maximum absolute atomic E-state index is 11.8. The fourth-order valence-electron chi connectivity index (χ4n) is 1.46. The number of hydrogen-bond acceptors (Lipinski definition) is 5. The van der Waals surface area contributed by atoms with Crippen molar-refractivity contribution in [2.45, 2.75) is 37.7 Å². The summed E-state index contributed by atoms with van der Waals surface area (Å²) >= 11 is 0. The van der Waals surface area contributed by atoms with Gasteiger partial charge in [-0.25, -0.2) is 0 Å². The third-order valence-corrected chi connectivity index (χ3v) is 3.75. The average molecular weight is 273 g/mol. The van der Waals surface area contributed by atoms with E-state index in [-0.39, 0.29) is 10.6 Å². The second kappa shape index (κ2) is 5.92. The molecule has 0 aromatic heterocycles. The van der Waals surface area contributed by atoms with Crippen molar-refractivity contribution in [3.63, 3.8) is 0 Å². The Morgan fingerprint density at radius 2 is 1.89 bits per heavy atom. The van der Waals surface area contributed by atoms with Gasteiger partial charge in [0.05, 0.1) is 15.9 Å². The summed E-state index contributed by atoms with van der Waals surface area (Å²) in [5, 5.41) is 10.4. The standard InChI is InChI=1S/C11H15NO5S/c1-3-4-9(2)17-18(15,16)11-7-5-10(6-8-11)12(13)14/h5-9H,3-4H2,1-2H3. The van der Waals surface area contributed by atoms with Crippen molar-refractivity contribution in [1.82, 2.24) is 0 Å². The van der Waals surface area contributed by atoms with E-state index in [1.165, 1.54) is 12.1 Å². The maximum atomic E-state index is 11.8. The molecule has 1 atom stereocenters. The Labute approximate surface area is 106 Å². The molecule has 0 saturated heterocycles. The number of benzene rings is 1. The minimum atomic E-state index is -3.85. The van der Waals surface area contributed by atoms with E-state index in [1.807, 2.05) is 6.92 Å². The fraction of sp³-hybridized carbons (Fsp3) is 0.455. The van der Waals surface area contributed by atoms with Gasteiger partial charge >= 0.3 is 0 Å². The van der Waals surface area contributed by atoms with Gasteiger partial charge < -0.3 is 0 Å². The summed E-state index contributed by atoms with van der Waals surface area (Å²) in [5.74, 6) is 0. The zero-order valence-electron chi connectivity index (χ0n) is 10.2. The Kier molecular flexibility index (Phi) is 4.80. The molecule has 0 fully saturated rings. The maximum Gasteiger partial charge on any atom is 0.297 e. The van der Waals surface area contributed by atoms with E-state index in [0.29, 0.717) is 6.42 Å². The van der Waals surface area contributed by atoms with Crippen LogP contribution in [0.25, 0.3) is 0 Å². The summed E-state index contributed by atoms with van der Waals surface area (Å²) in [6.07, 6.45) is 1.04. The van der Waals surface area contributed by atoms with Gasteiger partial charge in [0.25, 0.3) is 15.8 Å². The van der Waals surface area contributed by atoms with Crippen LogP contribution in [0.5, 0.6) is 0 Å². The van der Waals surface area contributed by atoms with Gasteiger partial charge in [-0.1, -0.05) is 13.3 Å². The van der Waals surface area contributed by atoms with Crippen molar-refractivity contribution in [2.24, 2.45) is 0 Å². The first kappa shape index (κ1) is 14.6. The minimum Gasteiger partial charge on any atom is -0.263 e. The third-order valence-electron chi connectivity index (χ3n) is 2.32. The summed E-state index contributed by atoms with van der Waals surface area (Å²) in [5.41, 5.74) is -0.157. The molecule has 100 valence electrons. The molecule has 7 heteroatoms. The quantitative estimate of drug-likeness (QED) is 0.451. The molecule has 0 aliphatic rings. The Balaban J connectivity index is 2.88. The largest absolute Gasteiger partial charge is 0.297 e. The molecule has 0 radical (unpaired) electrons. The highest BCUT2D eigenvalue weighted by Gasteiger charge is 2.19. The van der Waals surface area contributed by atoms with Gasteiger partial charge in [0.2, 0.25) is 0 Å². The van der Waals surface area contributed by atoms with Gasteiger partial charge in [0, 0.05) is 12.1 Å². The molecule has 0 aliphatic carbocycles. The van der Waals surface area contributed by atoms with Crippen molar-refractivity contribution >= 4 is 15.8 Å². The first-order valence-electron chi connectivity index (χ1n) is 5.54. The molecule has 1 unspecified atom stereocenters. The molecule has 0 saturated carbocycles. The highest BCUT2D eigenvalue weighted by atomic mass is 32.2. The van der Waals surface area contributed by atoms with Gasteiger partial charge in [-0.2, -0.15) is 8.42 Å². The van der Waals surface area contributed by atoms with E-state index in [2.05, 4.69) is 0 Å². The number of hydrogen-bond donors (Lipinski definition) is 0. The van der Waals surface area contributed by atoms with Gasteiger partial charge in [0.15, 0.2) is 0 Å². The van der Waals surface area contributed by atoms with E-state index in [4.69, 9.17) is 4.18 Å². The lowest BCUT2D eigenvalue weighted by atomic mass is 10.2. The summed E-state index contributed by atoms with van der Waals surface area (Å²) in [7, 11) is -3.85. The Bertz CT molecular complexity index is 509. The number of rotatable bonds is 6. The summed E-state index contributed by atoms with van der Waals surface area (Å²) in [6.45, 7) is 3.60. The molecule has 1 rings (SSSR count). The van der Waals surface area contributed by atoms with Crippen LogP contribution in [0.2, 0.25) is 0 Å². The van der Waals surface area contributed by atoms with Crippen molar-refractivity contribution in [1.29, 1.82) is 0 Å². The van der Waals surface area contributed by atoms with Crippen LogP contribution >= 0.6 is 0 Å². The second-order valence-corrected chi connectivity index (χ2v) is 5.47.